The van der Waals surface area contributed by atoms with Gasteiger partial charge >= 0.3 is 0 Å². The van der Waals surface area contributed by atoms with E-state index in [-0.39, 0.29) is 17.6 Å². The van der Waals surface area contributed by atoms with Crippen molar-refractivity contribution in [1.82, 2.24) is 15.3 Å². The Morgan fingerprint density at radius 2 is 1.83 bits per heavy atom. The molecular weight excluding hydrogens is 296 g/mol. The zero-order valence-electron chi connectivity index (χ0n) is 13.6. The van der Waals surface area contributed by atoms with E-state index in [9.17, 15) is 4.79 Å². The van der Waals surface area contributed by atoms with Crippen molar-refractivity contribution in [2.45, 2.75) is 19.9 Å². The third kappa shape index (κ3) is 4.32. The summed E-state index contributed by atoms with van der Waals surface area (Å²) in [6, 6.07) is 5.47. The van der Waals surface area contributed by atoms with Crippen molar-refractivity contribution in [3.05, 3.63) is 36.3 Å². The van der Waals surface area contributed by atoms with Gasteiger partial charge in [0.15, 0.2) is 11.5 Å². The van der Waals surface area contributed by atoms with Crippen molar-refractivity contribution >= 4 is 17.4 Å². The summed E-state index contributed by atoms with van der Waals surface area (Å²) in [6.07, 6.45) is 2.94. The number of rotatable bonds is 6. The number of ether oxygens (including phenoxy) is 2. The Balaban J connectivity index is 2.10. The zero-order chi connectivity index (χ0) is 16.8. The lowest BCUT2D eigenvalue weighted by atomic mass is 10.2. The summed E-state index contributed by atoms with van der Waals surface area (Å²) < 4.78 is 10.4. The molecule has 1 heterocycles. The maximum atomic E-state index is 11.8. The van der Waals surface area contributed by atoms with Gasteiger partial charge in [-0.25, -0.2) is 9.97 Å². The van der Waals surface area contributed by atoms with E-state index in [4.69, 9.17) is 9.47 Å². The number of hydrogen-bond donors (Lipinski definition) is 2. The van der Waals surface area contributed by atoms with Gasteiger partial charge in [0.25, 0.3) is 5.91 Å². The Bertz CT molecular complexity index is 672. The molecule has 0 fully saturated rings. The minimum atomic E-state index is -0.245. The van der Waals surface area contributed by atoms with Crippen molar-refractivity contribution in [3.8, 4) is 11.5 Å². The van der Waals surface area contributed by atoms with Crippen LogP contribution < -0.4 is 20.1 Å². The monoisotopic (exact) mass is 316 g/mol. The summed E-state index contributed by atoms with van der Waals surface area (Å²) in [5.41, 5.74) is 1.05. The van der Waals surface area contributed by atoms with Crippen LogP contribution in [0.5, 0.6) is 11.5 Å². The molecule has 23 heavy (non-hydrogen) atoms. The maximum Gasteiger partial charge on any atom is 0.271 e. The number of nitrogens with zero attached hydrogens (tertiary/aromatic N) is 2. The Morgan fingerprint density at radius 1 is 1.09 bits per heavy atom. The van der Waals surface area contributed by atoms with Crippen LogP contribution in [0.25, 0.3) is 0 Å². The largest absolute Gasteiger partial charge is 0.493 e. The molecule has 0 spiro atoms. The van der Waals surface area contributed by atoms with Crippen LogP contribution >= 0.6 is 0 Å². The van der Waals surface area contributed by atoms with Gasteiger partial charge in [-0.2, -0.15) is 0 Å². The van der Waals surface area contributed by atoms with Gasteiger partial charge in [-0.15, -0.1) is 0 Å². The summed E-state index contributed by atoms with van der Waals surface area (Å²) in [7, 11) is 3.15. The van der Waals surface area contributed by atoms with Crippen LogP contribution in [0, 0.1) is 0 Å². The highest BCUT2D eigenvalue weighted by Crippen LogP contribution is 2.30. The molecule has 7 nitrogen and oxygen atoms in total. The number of benzene rings is 1. The zero-order valence-corrected chi connectivity index (χ0v) is 13.6. The van der Waals surface area contributed by atoms with Crippen LogP contribution in [0.1, 0.15) is 24.3 Å². The first-order valence-corrected chi connectivity index (χ1v) is 7.15. The Kier molecular flexibility index (Phi) is 5.35. The fourth-order valence-corrected chi connectivity index (χ4v) is 1.91. The molecule has 0 saturated heterocycles. The predicted molar refractivity (Wildman–Crippen MR) is 87.5 cm³/mol. The van der Waals surface area contributed by atoms with Crippen LogP contribution in [-0.2, 0) is 0 Å². The molecule has 1 aromatic heterocycles. The third-order valence-corrected chi connectivity index (χ3v) is 2.96. The van der Waals surface area contributed by atoms with Gasteiger partial charge in [0.1, 0.15) is 11.5 Å². The van der Waals surface area contributed by atoms with E-state index in [1.807, 2.05) is 19.9 Å². The lowest BCUT2D eigenvalue weighted by molar-refractivity contribution is 0.0937. The van der Waals surface area contributed by atoms with Gasteiger partial charge in [-0.05, 0) is 26.0 Å². The van der Waals surface area contributed by atoms with E-state index >= 15 is 0 Å². The van der Waals surface area contributed by atoms with Crippen LogP contribution in [0.4, 0.5) is 11.5 Å². The smallest absolute Gasteiger partial charge is 0.271 e. The minimum absolute atomic E-state index is 0.0499. The van der Waals surface area contributed by atoms with Gasteiger partial charge in [0.05, 0.1) is 26.6 Å². The van der Waals surface area contributed by atoms with Crippen LogP contribution in [0.2, 0.25) is 0 Å². The van der Waals surface area contributed by atoms with E-state index < -0.39 is 0 Å². The average Bonchev–Trinajstić information content (AvgIpc) is 2.54. The van der Waals surface area contributed by atoms with Crippen molar-refractivity contribution in [1.29, 1.82) is 0 Å². The molecular formula is C16H20N4O3. The second-order valence-electron chi connectivity index (χ2n) is 5.11. The molecule has 1 amide bonds. The molecule has 0 atom stereocenters. The van der Waals surface area contributed by atoms with Crippen LogP contribution in [0.15, 0.2) is 30.6 Å². The molecule has 2 rings (SSSR count). The molecule has 0 bridgehead atoms. The van der Waals surface area contributed by atoms with Crippen molar-refractivity contribution in [2.24, 2.45) is 0 Å². The van der Waals surface area contributed by atoms with Crippen molar-refractivity contribution < 1.29 is 14.3 Å². The Labute approximate surface area is 135 Å². The van der Waals surface area contributed by atoms with Crippen LogP contribution in [-0.4, -0.2) is 36.1 Å². The number of anilines is 2. The fourth-order valence-electron chi connectivity index (χ4n) is 1.91. The van der Waals surface area contributed by atoms with E-state index in [0.29, 0.717) is 17.3 Å². The summed E-state index contributed by atoms with van der Waals surface area (Å²) in [4.78, 5) is 20.1. The molecule has 1 aromatic carbocycles. The van der Waals surface area contributed by atoms with Gasteiger partial charge in [-0.3, -0.25) is 4.79 Å². The molecule has 0 unspecified atom stereocenters. The summed E-state index contributed by atoms with van der Waals surface area (Å²) >= 11 is 0. The molecule has 0 aliphatic carbocycles. The predicted octanol–water partition coefficient (Wildman–Crippen LogP) is 2.38. The van der Waals surface area contributed by atoms with E-state index in [2.05, 4.69) is 20.6 Å². The second-order valence-corrected chi connectivity index (χ2v) is 5.11. The first-order chi connectivity index (χ1) is 11.0. The Morgan fingerprint density at radius 3 is 2.39 bits per heavy atom. The second kappa shape index (κ2) is 7.44. The topological polar surface area (TPSA) is 85.4 Å². The lowest BCUT2D eigenvalue weighted by Gasteiger charge is -2.11. The molecule has 0 aliphatic rings. The van der Waals surface area contributed by atoms with E-state index in [0.717, 1.165) is 5.69 Å². The molecule has 2 aromatic rings. The summed E-state index contributed by atoms with van der Waals surface area (Å²) in [5, 5.41) is 5.86. The van der Waals surface area contributed by atoms with Gasteiger partial charge in [-0.1, -0.05) is 0 Å². The average molecular weight is 316 g/mol. The molecule has 0 radical (unpaired) electrons. The first-order valence-electron chi connectivity index (χ1n) is 7.15. The summed E-state index contributed by atoms with van der Waals surface area (Å²) in [5.74, 6) is 1.53. The fraction of sp³-hybridized carbons (Fsp3) is 0.312. The van der Waals surface area contributed by atoms with E-state index in [1.165, 1.54) is 12.4 Å². The number of amides is 1. The first kappa shape index (κ1) is 16.5. The number of methoxy groups -OCH3 is 2. The SMILES string of the molecule is COc1ccc(Nc2cnc(C(=O)NC(C)C)cn2)cc1OC. The summed E-state index contributed by atoms with van der Waals surface area (Å²) in [6.45, 7) is 3.77. The van der Waals surface area contributed by atoms with Crippen LogP contribution in [0.3, 0.4) is 0 Å². The van der Waals surface area contributed by atoms with Crippen molar-refractivity contribution in [2.75, 3.05) is 19.5 Å². The molecule has 0 aliphatic heterocycles. The highest BCUT2D eigenvalue weighted by atomic mass is 16.5. The van der Waals surface area contributed by atoms with Gasteiger partial charge < -0.3 is 20.1 Å². The highest BCUT2D eigenvalue weighted by molar-refractivity contribution is 5.92. The van der Waals surface area contributed by atoms with Gasteiger partial charge in [0, 0.05) is 17.8 Å². The standard InChI is InChI=1S/C16H20N4O3/c1-10(2)19-16(21)12-8-18-15(9-17-12)20-11-5-6-13(22-3)14(7-11)23-4/h5-10H,1-4H3,(H,18,20)(H,19,21). The van der Waals surface area contributed by atoms with Crippen molar-refractivity contribution in [3.63, 3.8) is 0 Å². The molecule has 0 saturated carbocycles. The quantitative estimate of drug-likeness (QED) is 0.851. The Hall–Kier alpha value is -2.83. The normalized spacial score (nSPS) is 10.3. The highest BCUT2D eigenvalue weighted by Gasteiger charge is 2.10. The number of nitrogens with one attached hydrogen (secondary N) is 2. The maximum absolute atomic E-state index is 11.8. The molecule has 122 valence electrons. The molecule has 2 N–H and O–H groups in total. The lowest BCUT2D eigenvalue weighted by Crippen LogP contribution is -2.30. The number of hydrogen-bond acceptors (Lipinski definition) is 6. The number of aromatic nitrogens is 2. The third-order valence-electron chi connectivity index (χ3n) is 2.96. The van der Waals surface area contributed by atoms with E-state index in [1.54, 1.807) is 26.4 Å². The molecule has 7 heteroatoms. The minimum Gasteiger partial charge on any atom is -0.493 e. The van der Waals surface area contributed by atoms with Gasteiger partial charge in [0.2, 0.25) is 0 Å². The number of carbonyl (C=O) groups excluding carboxylic acids is 1. The number of carbonyl (C=O) groups is 1.